The van der Waals surface area contributed by atoms with E-state index in [-0.39, 0.29) is 63.4 Å². The standard InChI is InChI=1S/C72H80N14O12/c1-45(81(5)71(91)95-43-61-57-33-17-13-29-53(57)54-30-14-18-34-58(54)61)65(87)73-63(67(89)83-37-21-23-49(83)41-85-69(75-77-79-85)97-51-25-9-7-10-26-51)47(3)93-39-40-94-48(4)64(68(90)84-38-22-24-50(84)42-86-70(76-78-80-86)98-52-27-11-8-12-28-52)74-66(88)46(2)82(6)72(92)96-44-62-59-35-19-15-31-55(59)56-32-16-20-36-60(56)62/h7-20,25-36,45-50,61-64H,21-24,37-44H2,1-6H3,(H,73,87)(H,74,88)/t45-,46-,47+,48+,49-,50-,63-,64-/m0/s1. The second-order valence-corrected chi connectivity index (χ2v) is 25.1. The Bertz CT molecular complexity index is 3770. The van der Waals surface area contributed by atoms with Gasteiger partial charge in [-0.25, -0.2) is 9.59 Å². The van der Waals surface area contributed by atoms with Crippen LogP contribution in [0.5, 0.6) is 23.5 Å². The third-order valence-corrected chi connectivity index (χ3v) is 19.1. The zero-order valence-electron chi connectivity index (χ0n) is 55.5. The molecule has 8 atom stereocenters. The number of carbonyl (C=O) groups excluding carboxylic acids is 6. The minimum Gasteiger partial charge on any atom is -0.448 e. The number of likely N-dealkylation sites (tertiary alicyclic amines) is 2. The van der Waals surface area contributed by atoms with Crippen LogP contribution in [0.2, 0.25) is 0 Å². The Hall–Kier alpha value is -10.6. The smallest absolute Gasteiger partial charge is 0.410 e. The Morgan fingerprint density at radius 1 is 0.480 bits per heavy atom. The van der Waals surface area contributed by atoms with Gasteiger partial charge in [0.25, 0.3) is 0 Å². The van der Waals surface area contributed by atoms with Crippen molar-refractivity contribution in [1.82, 2.24) is 70.6 Å². The SMILES string of the molecule is C[C@@H](OCCO[C@H](C)[C@H](NC(=O)[C@H](C)N(C)C(=O)OCC1c2ccccc2-c2ccccc21)C(=O)N1CCC[C@H]1Cn1nnnc1Oc1ccccc1)[C@H](NC(=O)[C@H](C)N(C)C(=O)OCC1c2ccccc2-c2ccccc21)C(=O)N1CCC[C@H]1Cn1nnnc1Oc1ccccc1. The van der Waals surface area contributed by atoms with Gasteiger partial charge in [0.1, 0.15) is 48.9 Å². The molecule has 12 rings (SSSR count). The van der Waals surface area contributed by atoms with Crippen molar-refractivity contribution in [3.05, 3.63) is 180 Å². The van der Waals surface area contributed by atoms with Crippen LogP contribution in [-0.2, 0) is 51.2 Å². The summed E-state index contributed by atoms with van der Waals surface area (Å²) in [5.41, 5.74) is 8.42. The Labute approximate surface area is 567 Å². The van der Waals surface area contributed by atoms with E-state index < -0.39 is 84.3 Å². The van der Waals surface area contributed by atoms with E-state index in [4.69, 9.17) is 28.4 Å². The van der Waals surface area contributed by atoms with Gasteiger partial charge in [-0.15, -0.1) is 0 Å². The molecule has 2 N–H and O–H groups in total. The van der Waals surface area contributed by atoms with E-state index in [1.165, 1.54) is 33.3 Å². The predicted octanol–water partition coefficient (Wildman–Crippen LogP) is 8.25. The average molecular weight is 1330 g/mol. The third-order valence-electron chi connectivity index (χ3n) is 19.1. The fourth-order valence-corrected chi connectivity index (χ4v) is 13.4. The topological polar surface area (TPSA) is 282 Å². The second-order valence-electron chi connectivity index (χ2n) is 25.1. The van der Waals surface area contributed by atoms with Crippen molar-refractivity contribution in [2.24, 2.45) is 0 Å². The second kappa shape index (κ2) is 30.6. The number of ether oxygens (including phenoxy) is 6. The number of likely N-dealkylation sites (N-methyl/N-ethyl adjacent to an activating group) is 2. The minimum absolute atomic E-state index is 0.0300. The highest BCUT2D eigenvalue weighted by molar-refractivity contribution is 5.93. The van der Waals surface area contributed by atoms with Crippen LogP contribution in [0.4, 0.5) is 9.59 Å². The lowest BCUT2D eigenvalue weighted by molar-refractivity contribution is -0.145. The zero-order valence-corrected chi connectivity index (χ0v) is 55.5. The third kappa shape index (κ3) is 14.8. The van der Waals surface area contributed by atoms with E-state index in [9.17, 15) is 19.2 Å². The summed E-state index contributed by atoms with van der Waals surface area (Å²) in [4.78, 5) is 93.0. The number of carbonyl (C=O) groups is 6. The largest absolute Gasteiger partial charge is 0.448 e. The van der Waals surface area contributed by atoms with Crippen LogP contribution < -0.4 is 20.1 Å². The van der Waals surface area contributed by atoms with Gasteiger partial charge < -0.3 is 48.9 Å². The molecule has 0 bridgehead atoms. The Morgan fingerprint density at radius 3 is 1.17 bits per heavy atom. The summed E-state index contributed by atoms with van der Waals surface area (Å²) < 4.78 is 39.7. The van der Waals surface area contributed by atoms with Crippen LogP contribution in [0.1, 0.15) is 87.5 Å². The summed E-state index contributed by atoms with van der Waals surface area (Å²) in [6, 6.07) is 44.6. The molecule has 0 saturated carbocycles. The van der Waals surface area contributed by atoms with Gasteiger partial charge in [-0.2, -0.15) is 9.36 Å². The zero-order chi connectivity index (χ0) is 68.4. The van der Waals surface area contributed by atoms with Crippen molar-refractivity contribution in [3.63, 3.8) is 0 Å². The van der Waals surface area contributed by atoms with E-state index in [2.05, 4.69) is 41.7 Å². The summed E-state index contributed by atoms with van der Waals surface area (Å²) in [7, 11) is 2.94. The molecular formula is C72H80N14O12. The normalized spacial score (nSPS) is 17.2. The van der Waals surface area contributed by atoms with Gasteiger partial charge in [0, 0.05) is 39.0 Å². The first-order chi connectivity index (χ1) is 47.6. The highest BCUT2D eigenvalue weighted by Gasteiger charge is 2.42. The van der Waals surface area contributed by atoms with Crippen molar-refractivity contribution in [1.29, 1.82) is 0 Å². The summed E-state index contributed by atoms with van der Waals surface area (Å²) in [5.74, 6) is -1.60. The van der Waals surface area contributed by atoms with Crippen molar-refractivity contribution >= 4 is 35.8 Å². The van der Waals surface area contributed by atoms with E-state index in [0.29, 0.717) is 50.3 Å². The lowest BCUT2D eigenvalue weighted by atomic mass is 9.98. The molecule has 98 heavy (non-hydrogen) atoms. The lowest BCUT2D eigenvalue weighted by Gasteiger charge is -2.34. The minimum atomic E-state index is -1.30. The number of hydrogen-bond donors (Lipinski definition) is 2. The molecular weight excluding hydrogens is 1250 g/mol. The molecule has 2 aliphatic carbocycles. The molecule has 6 amide bonds. The van der Waals surface area contributed by atoms with Gasteiger partial charge in [0.2, 0.25) is 23.6 Å². The molecule has 6 aromatic carbocycles. The summed E-state index contributed by atoms with van der Waals surface area (Å²) in [5, 5.41) is 30.1. The highest BCUT2D eigenvalue weighted by atomic mass is 16.6. The van der Waals surface area contributed by atoms with E-state index in [1.807, 2.05) is 133 Å². The number of tetrazole rings is 2. The summed E-state index contributed by atoms with van der Waals surface area (Å²) >= 11 is 0. The molecule has 2 aliphatic heterocycles. The Kier molecular flexibility index (Phi) is 21.1. The quantitative estimate of drug-likeness (QED) is 0.0458. The average Bonchev–Trinajstić information content (AvgIpc) is 1.63. The fourth-order valence-electron chi connectivity index (χ4n) is 13.4. The number of rotatable bonds is 27. The maximum absolute atomic E-state index is 15.2. The summed E-state index contributed by atoms with van der Waals surface area (Å²) in [6.45, 7) is 7.18. The maximum Gasteiger partial charge on any atom is 0.410 e. The van der Waals surface area contributed by atoms with Gasteiger partial charge in [0.15, 0.2) is 0 Å². The van der Waals surface area contributed by atoms with Crippen molar-refractivity contribution in [2.75, 3.05) is 53.6 Å². The van der Waals surface area contributed by atoms with Crippen LogP contribution >= 0.6 is 0 Å². The molecule has 2 saturated heterocycles. The summed E-state index contributed by atoms with van der Waals surface area (Å²) in [6.07, 6.45) is -1.05. The number of nitrogens with zero attached hydrogens (tertiary/aromatic N) is 12. The molecule has 510 valence electrons. The molecule has 4 heterocycles. The van der Waals surface area contributed by atoms with Crippen molar-refractivity contribution in [2.45, 2.75) is 127 Å². The van der Waals surface area contributed by atoms with E-state index in [0.717, 1.165) is 44.5 Å². The van der Waals surface area contributed by atoms with Gasteiger partial charge >= 0.3 is 24.2 Å². The maximum atomic E-state index is 15.2. The van der Waals surface area contributed by atoms with Gasteiger partial charge in [-0.05, 0) is 143 Å². The molecule has 0 radical (unpaired) electrons. The van der Waals surface area contributed by atoms with Gasteiger partial charge in [0.05, 0.1) is 50.6 Å². The number of amides is 6. The Morgan fingerprint density at radius 2 is 0.816 bits per heavy atom. The molecule has 26 heteroatoms. The van der Waals surface area contributed by atoms with Crippen LogP contribution in [0.15, 0.2) is 158 Å². The molecule has 0 unspecified atom stereocenters. The van der Waals surface area contributed by atoms with Crippen molar-refractivity contribution < 1.29 is 57.2 Å². The first kappa shape index (κ1) is 67.4. The highest BCUT2D eigenvalue weighted by Crippen LogP contribution is 2.46. The molecule has 4 aliphatic rings. The van der Waals surface area contributed by atoms with Gasteiger partial charge in [-0.3, -0.25) is 29.0 Å². The first-order valence-electron chi connectivity index (χ1n) is 33.2. The molecule has 8 aromatic rings. The molecule has 0 spiro atoms. The van der Waals surface area contributed by atoms with E-state index >= 15 is 9.59 Å². The monoisotopic (exact) mass is 1330 g/mol. The molecule has 2 aromatic heterocycles. The number of nitrogens with one attached hydrogen (secondary N) is 2. The molecule has 2 fully saturated rings. The van der Waals surface area contributed by atoms with E-state index in [1.54, 1.807) is 61.8 Å². The number of aromatic nitrogens is 8. The van der Waals surface area contributed by atoms with Gasteiger partial charge in [-0.1, -0.05) is 144 Å². The Balaban J connectivity index is 0.731. The number of benzene rings is 6. The fraction of sp³-hybridized carbons (Fsp3) is 0.389. The number of fused-ring (bicyclic) bond motifs is 6. The van der Waals surface area contributed by atoms with Crippen molar-refractivity contribution in [3.8, 4) is 45.8 Å². The predicted molar refractivity (Wildman–Crippen MR) is 357 cm³/mol. The number of para-hydroxylation sites is 2. The van der Waals surface area contributed by atoms with Crippen LogP contribution in [0.3, 0.4) is 0 Å². The van der Waals surface area contributed by atoms with Crippen LogP contribution in [-0.4, -0.2) is 198 Å². The van der Waals surface area contributed by atoms with Crippen LogP contribution in [0, 0.1) is 0 Å². The first-order valence-corrected chi connectivity index (χ1v) is 33.2. The molecule has 26 nitrogen and oxygen atoms in total. The lowest BCUT2D eigenvalue weighted by Crippen LogP contribution is -2.59. The van der Waals surface area contributed by atoms with Crippen LogP contribution in [0.25, 0.3) is 22.3 Å². The number of hydrogen-bond acceptors (Lipinski definition) is 18.